The number of aliphatic carboxylic acids is 1. The van der Waals surface area contributed by atoms with Gasteiger partial charge in [-0.1, -0.05) is 72.1 Å². The van der Waals surface area contributed by atoms with Gasteiger partial charge in [-0.05, 0) is 104 Å². The number of carbonyl (C=O) groups excluding carboxylic acids is 5. The highest BCUT2D eigenvalue weighted by atomic mass is 35.5. The number of phenolic OH excluding ortho intramolecular Hbond substituents is 1. The summed E-state index contributed by atoms with van der Waals surface area (Å²) in [6, 6.07) is 22.5. The number of rotatable bonds is 27. The van der Waals surface area contributed by atoms with Gasteiger partial charge < -0.3 is 55.9 Å². The van der Waals surface area contributed by atoms with E-state index in [2.05, 4.69) is 31.9 Å². The largest absolute Gasteiger partial charge is 0.508 e. The number of phenols is 1. The van der Waals surface area contributed by atoms with Crippen LogP contribution in [0.2, 0.25) is 10.0 Å². The molecule has 18 nitrogen and oxygen atoms in total. The summed E-state index contributed by atoms with van der Waals surface area (Å²) in [6.45, 7) is 1.88. The van der Waals surface area contributed by atoms with Gasteiger partial charge in [0.25, 0.3) is 0 Å². The zero-order valence-corrected chi connectivity index (χ0v) is 41.9. The maximum absolute atomic E-state index is 14.5. The number of carboxylic acid groups (broad SMARTS) is 1. The smallest absolute Gasteiger partial charge is 0.452 e. The molecule has 2 heterocycles. The molecule has 0 aliphatic carbocycles. The van der Waals surface area contributed by atoms with Crippen molar-refractivity contribution in [1.82, 2.24) is 31.9 Å². The molecular weight excluding hydrogens is 999 g/mol. The molecule has 7 atom stereocenters. The summed E-state index contributed by atoms with van der Waals surface area (Å²) < 4.78 is 32.0. The van der Waals surface area contributed by atoms with Crippen LogP contribution in [-0.4, -0.2) is 99.4 Å². The molecule has 0 saturated carbocycles. The summed E-state index contributed by atoms with van der Waals surface area (Å²) in [7, 11) is -4.42. The standard InChI is InChI=1S/C49H57Cl2N6O12PS/c1-30(70(66,68-36-21-15-33(50)16-22-36)69-37-23-17-34(51)18-24-37)52-47(63)40(27-44(60)61)55-48(64)39(26-31-13-19-35(58)20-14-31)54-46(62)38(10-7-25-67-28-32-8-3-2-4-9-32)53-43(59)12-6-5-11-42-45-41(29-71-42)56-49(65)57-45/h2-4,8-9,13-24,30,38-42,45,58H,5-7,10-12,25-29H2,1H3,(H,52,63)(H,53,59)(H,54,62)(H,55,64)(H,60,61)(H2,56,57,65)/t30?,38-,39-,40-,41-,42-,45-/m0/s1. The van der Waals surface area contributed by atoms with E-state index >= 15 is 0 Å². The number of urea groups is 1. The lowest BCUT2D eigenvalue weighted by molar-refractivity contribution is -0.141. The van der Waals surface area contributed by atoms with Crippen LogP contribution in [0.15, 0.2) is 103 Å². The van der Waals surface area contributed by atoms with Crippen LogP contribution in [-0.2, 0) is 46.3 Å². The normalized spacial score (nSPS) is 17.8. The van der Waals surface area contributed by atoms with Crippen molar-refractivity contribution >= 4 is 78.2 Å². The van der Waals surface area contributed by atoms with Crippen molar-refractivity contribution in [2.24, 2.45) is 0 Å². The van der Waals surface area contributed by atoms with Crippen molar-refractivity contribution in [2.45, 2.75) is 106 Å². The van der Waals surface area contributed by atoms with Gasteiger partial charge in [0.05, 0.1) is 25.1 Å². The number of carboxylic acids is 1. The third-order valence-corrected chi connectivity index (χ3v) is 15.6. The fourth-order valence-electron chi connectivity index (χ4n) is 7.82. The molecule has 4 aromatic carbocycles. The highest BCUT2D eigenvalue weighted by molar-refractivity contribution is 8.00. The molecule has 2 aliphatic heterocycles. The lowest BCUT2D eigenvalue weighted by Crippen LogP contribution is -2.58. The Kier molecular flexibility index (Phi) is 20.3. The Balaban J connectivity index is 1.15. The van der Waals surface area contributed by atoms with Crippen molar-refractivity contribution in [1.29, 1.82) is 0 Å². The fourth-order valence-corrected chi connectivity index (χ4v) is 11.1. The number of ether oxygens (including phenoxy) is 1. The van der Waals surface area contributed by atoms with Crippen LogP contribution in [0.1, 0.15) is 63.0 Å². The van der Waals surface area contributed by atoms with Crippen molar-refractivity contribution < 1.29 is 57.3 Å². The fraction of sp³-hybridized carbons (Fsp3) is 0.388. The second-order valence-corrected chi connectivity index (χ2v) is 21.4. The first-order chi connectivity index (χ1) is 34.0. The van der Waals surface area contributed by atoms with E-state index in [1.54, 1.807) is 11.8 Å². The van der Waals surface area contributed by atoms with Gasteiger partial charge in [-0.2, -0.15) is 11.8 Å². The Hall–Kier alpha value is -5.98. The number of unbranched alkanes of at least 4 members (excludes halogenated alkanes) is 1. The van der Waals surface area contributed by atoms with E-state index in [0.29, 0.717) is 41.5 Å². The maximum Gasteiger partial charge on any atom is 0.452 e. The summed E-state index contributed by atoms with van der Waals surface area (Å²) in [5, 5.41) is 37.2. The molecule has 1 unspecified atom stereocenters. The quantitative estimate of drug-likeness (QED) is 0.0176. The van der Waals surface area contributed by atoms with Gasteiger partial charge in [0.15, 0.2) is 5.78 Å². The third-order valence-electron chi connectivity index (χ3n) is 11.6. The number of thioether (sulfide) groups is 1. The average molecular weight is 1060 g/mol. The number of benzene rings is 4. The molecule has 8 N–H and O–H groups in total. The monoisotopic (exact) mass is 1050 g/mol. The van der Waals surface area contributed by atoms with Gasteiger partial charge in [-0.25, -0.2) is 9.36 Å². The molecule has 2 saturated heterocycles. The van der Waals surface area contributed by atoms with E-state index in [1.165, 1.54) is 79.7 Å². The van der Waals surface area contributed by atoms with E-state index in [-0.39, 0.29) is 66.5 Å². The van der Waals surface area contributed by atoms with E-state index in [1.807, 2.05) is 30.3 Å². The molecule has 0 radical (unpaired) electrons. The zero-order chi connectivity index (χ0) is 50.9. The van der Waals surface area contributed by atoms with E-state index in [9.17, 15) is 43.5 Å². The SMILES string of the molecule is CC(NC(=O)[C@H](CC(=O)O)NC(=O)[C@H](Cc1ccc(O)cc1)NC(=O)[C@H](CCCOCc1ccccc1)NC(=O)CCCC[C@@H]1SC[C@@H]2NC(=O)N[C@@H]21)P(=O)(Oc1ccc(Cl)cc1)Oc1ccc(Cl)cc1. The first-order valence-electron chi connectivity index (χ1n) is 23.0. The van der Waals surface area contributed by atoms with E-state index in [0.717, 1.165) is 17.7 Å². The number of nitrogens with one attached hydrogen (secondary N) is 6. The topological polar surface area (TPSA) is 260 Å². The Morgan fingerprint density at radius 2 is 1.35 bits per heavy atom. The highest BCUT2D eigenvalue weighted by Gasteiger charge is 2.43. The number of hydrogen-bond donors (Lipinski definition) is 8. The van der Waals surface area contributed by atoms with Gasteiger partial charge >= 0.3 is 19.6 Å². The minimum atomic E-state index is -4.42. The Morgan fingerprint density at radius 1 is 0.746 bits per heavy atom. The Labute approximate surface area is 425 Å². The summed E-state index contributed by atoms with van der Waals surface area (Å²) >= 11 is 13.9. The van der Waals surface area contributed by atoms with Crippen molar-refractivity contribution in [3.63, 3.8) is 0 Å². The predicted octanol–water partition coefficient (Wildman–Crippen LogP) is 6.71. The summed E-state index contributed by atoms with van der Waals surface area (Å²) in [5.74, 6) is -5.20. The van der Waals surface area contributed by atoms with Crippen LogP contribution < -0.4 is 40.9 Å². The molecule has 2 aliphatic rings. The molecule has 380 valence electrons. The lowest BCUT2D eigenvalue weighted by atomic mass is 10.0. The number of hydrogen-bond acceptors (Lipinski definition) is 12. The Morgan fingerprint density at radius 3 is 1.99 bits per heavy atom. The van der Waals surface area contributed by atoms with Crippen LogP contribution in [0.4, 0.5) is 4.79 Å². The van der Waals surface area contributed by atoms with Gasteiger partial charge in [0.2, 0.25) is 23.6 Å². The summed E-state index contributed by atoms with van der Waals surface area (Å²) in [5.41, 5.74) is 1.43. The van der Waals surface area contributed by atoms with Gasteiger partial charge in [-0.3, -0.25) is 24.0 Å². The average Bonchev–Trinajstić information content (AvgIpc) is 3.90. The minimum Gasteiger partial charge on any atom is -0.508 e. The number of carbonyl (C=O) groups is 6. The van der Waals surface area contributed by atoms with Gasteiger partial charge in [-0.15, -0.1) is 0 Å². The number of aromatic hydroxyl groups is 1. The molecule has 0 aromatic heterocycles. The van der Waals surface area contributed by atoms with E-state index in [4.69, 9.17) is 37.0 Å². The van der Waals surface area contributed by atoms with Crippen LogP contribution in [0.5, 0.6) is 17.2 Å². The first-order valence-corrected chi connectivity index (χ1v) is 26.5. The molecule has 4 aromatic rings. The molecular formula is C49H57Cl2N6O12PS. The van der Waals surface area contributed by atoms with Gasteiger partial charge in [0.1, 0.15) is 35.4 Å². The molecule has 71 heavy (non-hydrogen) atoms. The molecule has 6 amide bonds. The molecule has 0 bridgehead atoms. The predicted molar refractivity (Wildman–Crippen MR) is 269 cm³/mol. The lowest BCUT2D eigenvalue weighted by Gasteiger charge is -2.28. The molecule has 22 heteroatoms. The maximum atomic E-state index is 14.5. The molecule has 2 fully saturated rings. The number of amides is 6. The van der Waals surface area contributed by atoms with Crippen LogP contribution in [0.25, 0.3) is 0 Å². The molecule has 6 rings (SSSR count). The second-order valence-electron chi connectivity index (χ2n) is 17.1. The zero-order valence-electron chi connectivity index (χ0n) is 38.7. The second kappa shape index (κ2) is 26.5. The molecule has 0 spiro atoms. The van der Waals surface area contributed by atoms with Crippen molar-refractivity contribution in [3.05, 3.63) is 124 Å². The van der Waals surface area contributed by atoms with Crippen molar-refractivity contribution in [3.8, 4) is 17.2 Å². The Bertz CT molecular complexity index is 2450. The van der Waals surface area contributed by atoms with Crippen LogP contribution in [0, 0.1) is 0 Å². The third kappa shape index (κ3) is 17.1. The van der Waals surface area contributed by atoms with Crippen LogP contribution >= 0.6 is 42.6 Å². The summed E-state index contributed by atoms with van der Waals surface area (Å²) in [6.07, 6.45) is 1.45. The number of fused-ring (bicyclic) bond motifs is 1. The summed E-state index contributed by atoms with van der Waals surface area (Å²) in [4.78, 5) is 80.1. The number of halogens is 2. The van der Waals surface area contributed by atoms with E-state index < -0.39 is 67.5 Å². The minimum absolute atomic E-state index is 0.0296. The van der Waals surface area contributed by atoms with Crippen molar-refractivity contribution in [2.75, 3.05) is 12.4 Å². The van der Waals surface area contributed by atoms with Gasteiger partial charge in [0, 0.05) is 40.5 Å². The van der Waals surface area contributed by atoms with Crippen LogP contribution in [0.3, 0.4) is 0 Å². The first kappa shape index (κ1) is 54.4. The highest BCUT2D eigenvalue weighted by Crippen LogP contribution is 2.52.